The highest BCUT2D eigenvalue weighted by Gasteiger charge is 2.22. The number of halogens is 1. The van der Waals surface area contributed by atoms with Crippen molar-refractivity contribution in [2.45, 2.75) is 12.8 Å². The number of amides is 1. The van der Waals surface area contributed by atoms with Gasteiger partial charge in [-0.25, -0.2) is 0 Å². The second kappa shape index (κ2) is 3.42. The number of hydrogen-bond donors (Lipinski definition) is 0. The summed E-state index contributed by atoms with van der Waals surface area (Å²) in [6, 6.07) is 1.61. The molecule has 0 spiro atoms. The molecule has 1 amide bonds. The first-order valence-corrected chi connectivity index (χ1v) is 4.69. The van der Waals surface area contributed by atoms with E-state index in [0.29, 0.717) is 5.56 Å². The highest BCUT2D eigenvalue weighted by atomic mass is 35.5. The SMILES string of the molecule is O=C(c1ccoc1Cl)N1CCCC1. The van der Waals surface area contributed by atoms with Crippen LogP contribution in [0.1, 0.15) is 23.2 Å². The second-order valence-electron chi connectivity index (χ2n) is 3.11. The van der Waals surface area contributed by atoms with Crippen molar-refractivity contribution in [1.29, 1.82) is 0 Å². The molecule has 3 nitrogen and oxygen atoms in total. The summed E-state index contributed by atoms with van der Waals surface area (Å²) in [7, 11) is 0. The Balaban J connectivity index is 2.17. The third-order valence-electron chi connectivity index (χ3n) is 2.24. The van der Waals surface area contributed by atoms with E-state index in [9.17, 15) is 4.79 Å². The Morgan fingerprint density at radius 2 is 2.15 bits per heavy atom. The van der Waals surface area contributed by atoms with E-state index in [4.69, 9.17) is 16.0 Å². The maximum atomic E-state index is 11.7. The van der Waals surface area contributed by atoms with Crippen molar-refractivity contribution in [2.75, 3.05) is 13.1 Å². The molecular weight excluding hydrogens is 190 g/mol. The van der Waals surface area contributed by atoms with Gasteiger partial charge in [0.15, 0.2) is 0 Å². The Labute approximate surface area is 81.3 Å². The van der Waals surface area contributed by atoms with Crippen molar-refractivity contribution in [3.63, 3.8) is 0 Å². The summed E-state index contributed by atoms with van der Waals surface area (Å²) in [6.45, 7) is 1.67. The summed E-state index contributed by atoms with van der Waals surface area (Å²) in [4.78, 5) is 13.5. The maximum Gasteiger partial charge on any atom is 0.258 e. The predicted octanol–water partition coefficient (Wildman–Crippen LogP) is 2.17. The molecule has 1 aliphatic heterocycles. The zero-order chi connectivity index (χ0) is 9.26. The van der Waals surface area contributed by atoms with E-state index < -0.39 is 0 Å². The van der Waals surface area contributed by atoms with Gasteiger partial charge in [-0.3, -0.25) is 4.79 Å². The normalized spacial score (nSPS) is 16.5. The van der Waals surface area contributed by atoms with Crippen LogP contribution < -0.4 is 0 Å². The fourth-order valence-corrected chi connectivity index (χ4v) is 1.73. The lowest BCUT2D eigenvalue weighted by atomic mass is 10.3. The van der Waals surface area contributed by atoms with Crippen LogP contribution in [0.25, 0.3) is 0 Å². The third kappa shape index (κ3) is 1.56. The molecule has 2 heterocycles. The molecule has 0 aliphatic carbocycles. The molecule has 0 atom stereocenters. The lowest BCUT2D eigenvalue weighted by molar-refractivity contribution is 0.0792. The molecule has 4 heteroatoms. The quantitative estimate of drug-likeness (QED) is 0.695. The summed E-state index contributed by atoms with van der Waals surface area (Å²) >= 11 is 5.70. The van der Waals surface area contributed by atoms with Gasteiger partial charge in [-0.15, -0.1) is 0 Å². The van der Waals surface area contributed by atoms with Crippen molar-refractivity contribution in [3.8, 4) is 0 Å². The molecular formula is C9H10ClNO2. The maximum absolute atomic E-state index is 11.7. The van der Waals surface area contributed by atoms with Crippen LogP contribution in [-0.4, -0.2) is 23.9 Å². The topological polar surface area (TPSA) is 33.5 Å². The van der Waals surface area contributed by atoms with Crippen LogP contribution in [0, 0.1) is 0 Å². The van der Waals surface area contributed by atoms with Crippen LogP contribution in [0.4, 0.5) is 0 Å². The minimum atomic E-state index is -0.0174. The number of carbonyl (C=O) groups is 1. The number of nitrogens with zero attached hydrogens (tertiary/aromatic N) is 1. The van der Waals surface area contributed by atoms with Gasteiger partial charge in [0.25, 0.3) is 5.91 Å². The molecule has 70 valence electrons. The summed E-state index contributed by atoms with van der Waals surface area (Å²) in [6.07, 6.45) is 3.61. The first-order chi connectivity index (χ1) is 6.29. The van der Waals surface area contributed by atoms with Crippen LogP contribution in [-0.2, 0) is 0 Å². The van der Waals surface area contributed by atoms with Gasteiger partial charge in [0.2, 0.25) is 5.22 Å². The van der Waals surface area contributed by atoms with Crippen molar-refractivity contribution in [2.24, 2.45) is 0 Å². The number of furan rings is 1. The molecule has 13 heavy (non-hydrogen) atoms. The van der Waals surface area contributed by atoms with Crippen molar-refractivity contribution in [3.05, 3.63) is 23.1 Å². The molecule has 2 rings (SSSR count). The molecule has 1 saturated heterocycles. The summed E-state index contributed by atoms with van der Waals surface area (Å²) in [5, 5.41) is 0.192. The third-order valence-corrected chi connectivity index (χ3v) is 2.53. The van der Waals surface area contributed by atoms with Gasteiger partial charge in [0.1, 0.15) is 0 Å². The average molecular weight is 200 g/mol. The summed E-state index contributed by atoms with van der Waals surface area (Å²) in [5.41, 5.74) is 0.476. The minimum Gasteiger partial charge on any atom is -0.452 e. The number of carbonyl (C=O) groups excluding carboxylic acids is 1. The monoisotopic (exact) mass is 199 g/mol. The summed E-state index contributed by atoms with van der Waals surface area (Å²) in [5.74, 6) is -0.0174. The molecule has 1 aliphatic rings. The van der Waals surface area contributed by atoms with E-state index in [0.717, 1.165) is 25.9 Å². The molecule has 0 aromatic carbocycles. The predicted molar refractivity (Wildman–Crippen MR) is 48.9 cm³/mol. The Hall–Kier alpha value is -0.960. The zero-order valence-electron chi connectivity index (χ0n) is 7.12. The fourth-order valence-electron chi connectivity index (χ4n) is 1.54. The van der Waals surface area contributed by atoms with Gasteiger partial charge in [0.05, 0.1) is 11.8 Å². The molecule has 1 fully saturated rings. The Bertz CT molecular complexity index is 315. The van der Waals surface area contributed by atoms with Crippen LogP contribution in [0.15, 0.2) is 16.7 Å². The van der Waals surface area contributed by atoms with E-state index in [1.807, 2.05) is 0 Å². The largest absolute Gasteiger partial charge is 0.452 e. The number of rotatable bonds is 1. The van der Waals surface area contributed by atoms with Crippen molar-refractivity contribution in [1.82, 2.24) is 4.90 Å². The van der Waals surface area contributed by atoms with Crippen LogP contribution in [0.5, 0.6) is 0 Å². The fraction of sp³-hybridized carbons (Fsp3) is 0.444. The van der Waals surface area contributed by atoms with Gasteiger partial charge in [-0.2, -0.15) is 0 Å². The standard InChI is InChI=1S/C9H10ClNO2/c10-8-7(3-6-13-8)9(12)11-4-1-2-5-11/h3,6H,1-2,4-5H2. The van der Waals surface area contributed by atoms with E-state index in [2.05, 4.69) is 0 Å². The summed E-state index contributed by atoms with van der Waals surface area (Å²) < 4.78 is 4.86. The van der Waals surface area contributed by atoms with E-state index in [-0.39, 0.29) is 11.1 Å². The average Bonchev–Trinajstić information content (AvgIpc) is 2.72. The molecule has 0 saturated carbocycles. The smallest absolute Gasteiger partial charge is 0.258 e. The second-order valence-corrected chi connectivity index (χ2v) is 3.45. The number of hydrogen-bond acceptors (Lipinski definition) is 2. The van der Waals surface area contributed by atoms with Crippen LogP contribution in [0.3, 0.4) is 0 Å². The van der Waals surface area contributed by atoms with Gasteiger partial charge >= 0.3 is 0 Å². The highest BCUT2D eigenvalue weighted by molar-refractivity contribution is 6.32. The lowest BCUT2D eigenvalue weighted by Gasteiger charge is -2.13. The van der Waals surface area contributed by atoms with E-state index in [1.54, 1.807) is 11.0 Å². The molecule has 0 N–H and O–H groups in total. The van der Waals surface area contributed by atoms with E-state index in [1.165, 1.54) is 6.26 Å². The van der Waals surface area contributed by atoms with Gasteiger partial charge in [0, 0.05) is 13.1 Å². The zero-order valence-corrected chi connectivity index (χ0v) is 7.88. The van der Waals surface area contributed by atoms with Gasteiger partial charge in [-0.1, -0.05) is 0 Å². The van der Waals surface area contributed by atoms with Crippen molar-refractivity contribution < 1.29 is 9.21 Å². The van der Waals surface area contributed by atoms with E-state index >= 15 is 0 Å². The molecule has 0 bridgehead atoms. The number of likely N-dealkylation sites (tertiary alicyclic amines) is 1. The highest BCUT2D eigenvalue weighted by Crippen LogP contribution is 2.20. The van der Waals surface area contributed by atoms with Crippen LogP contribution in [0.2, 0.25) is 5.22 Å². The van der Waals surface area contributed by atoms with Crippen molar-refractivity contribution >= 4 is 17.5 Å². The Morgan fingerprint density at radius 3 is 2.69 bits per heavy atom. The van der Waals surface area contributed by atoms with Gasteiger partial charge < -0.3 is 9.32 Å². The van der Waals surface area contributed by atoms with Gasteiger partial charge in [-0.05, 0) is 30.5 Å². The Kier molecular flexibility index (Phi) is 2.27. The molecule has 0 radical (unpaired) electrons. The lowest BCUT2D eigenvalue weighted by Crippen LogP contribution is -2.27. The molecule has 0 unspecified atom stereocenters. The molecule has 1 aromatic heterocycles. The van der Waals surface area contributed by atoms with Crippen LogP contribution >= 0.6 is 11.6 Å². The minimum absolute atomic E-state index is 0.0174. The first-order valence-electron chi connectivity index (χ1n) is 4.31. The molecule has 1 aromatic rings. The Morgan fingerprint density at radius 1 is 1.46 bits per heavy atom. The first kappa shape index (κ1) is 8.63.